The highest BCUT2D eigenvalue weighted by Crippen LogP contribution is 2.29. The summed E-state index contributed by atoms with van der Waals surface area (Å²) < 4.78 is 57.2. The van der Waals surface area contributed by atoms with E-state index < -0.39 is 44.1 Å². The van der Waals surface area contributed by atoms with Crippen LogP contribution >= 0.6 is 0 Å². The highest BCUT2D eigenvalue weighted by molar-refractivity contribution is 7.89. The number of rotatable bonds is 3. The van der Waals surface area contributed by atoms with Crippen molar-refractivity contribution in [3.63, 3.8) is 0 Å². The molecule has 1 aliphatic heterocycles. The van der Waals surface area contributed by atoms with Crippen LogP contribution in [0.15, 0.2) is 17.0 Å². The van der Waals surface area contributed by atoms with Crippen molar-refractivity contribution in [2.24, 2.45) is 5.92 Å². The Morgan fingerprint density at radius 3 is 2.71 bits per heavy atom. The van der Waals surface area contributed by atoms with E-state index in [9.17, 15) is 22.0 Å². The third-order valence-electron chi connectivity index (χ3n) is 3.39. The van der Waals surface area contributed by atoms with Gasteiger partial charge >= 0.3 is 5.97 Å². The van der Waals surface area contributed by atoms with Crippen molar-refractivity contribution >= 4 is 21.7 Å². The first-order chi connectivity index (χ1) is 9.78. The molecule has 0 aliphatic carbocycles. The molecule has 1 heterocycles. The van der Waals surface area contributed by atoms with Crippen LogP contribution in [-0.2, 0) is 19.6 Å². The fourth-order valence-corrected chi connectivity index (χ4v) is 3.77. The molecular formula is C12H14F2N2O4S. The van der Waals surface area contributed by atoms with E-state index in [1.165, 1.54) is 7.11 Å². The number of hydrogen-bond donors (Lipinski definition) is 1. The van der Waals surface area contributed by atoms with Gasteiger partial charge in [0.25, 0.3) is 0 Å². The van der Waals surface area contributed by atoms with Crippen molar-refractivity contribution in [3.8, 4) is 0 Å². The number of carbonyl (C=O) groups excluding carboxylic acids is 1. The summed E-state index contributed by atoms with van der Waals surface area (Å²) >= 11 is 0. The van der Waals surface area contributed by atoms with Crippen LogP contribution in [-0.4, -0.2) is 38.9 Å². The summed E-state index contributed by atoms with van der Waals surface area (Å²) in [6, 6.07) is 1.61. The number of carbonyl (C=O) groups is 1. The lowest BCUT2D eigenvalue weighted by atomic mass is 10.1. The Hall–Kier alpha value is -1.74. The number of methoxy groups -OCH3 is 1. The average molecular weight is 320 g/mol. The quantitative estimate of drug-likeness (QED) is 0.655. The molecule has 1 aromatic carbocycles. The van der Waals surface area contributed by atoms with Crippen molar-refractivity contribution in [1.29, 1.82) is 0 Å². The van der Waals surface area contributed by atoms with Crippen molar-refractivity contribution < 1.29 is 26.7 Å². The third kappa shape index (κ3) is 2.70. The number of benzene rings is 1. The lowest BCUT2D eigenvalue weighted by Gasteiger charge is -2.17. The minimum atomic E-state index is -4.18. The van der Waals surface area contributed by atoms with Gasteiger partial charge in [-0.05, 0) is 18.6 Å². The molecule has 2 N–H and O–H groups in total. The third-order valence-corrected chi connectivity index (χ3v) is 5.28. The van der Waals surface area contributed by atoms with Crippen molar-refractivity contribution in [1.82, 2.24) is 4.31 Å². The first-order valence-electron chi connectivity index (χ1n) is 6.10. The number of halogens is 2. The number of hydrogen-bond acceptors (Lipinski definition) is 5. The fraction of sp³-hybridized carbons (Fsp3) is 0.417. The molecular weight excluding hydrogens is 306 g/mol. The Kier molecular flexibility index (Phi) is 4.15. The Morgan fingerprint density at radius 2 is 2.10 bits per heavy atom. The molecule has 1 atom stereocenters. The lowest BCUT2D eigenvalue weighted by Crippen LogP contribution is -2.31. The van der Waals surface area contributed by atoms with Gasteiger partial charge in [0.05, 0.1) is 13.0 Å². The molecule has 0 spiro atoms. The summed E-state index contributed by atoms with van der Waals surface area (Å²) in [4.78, 5) is 10.7. The molecule has 0 radical (unpaired) electrons. The normalized spacial score (nSPS) is 19.7. The average Bonchev–Trinajstić information content (AvgIpc) is 2.94. The van der Waals surface area contributed by atoms with Gasteiger partial charge in [0.2, 0.25) is 10.0 Å². The second kappa shape index (κ2) is 5.57. The molecule has 0 saturated carbocycles. The zero-order chi connectivity index (χ0) is 15.8. The predicted molar refractivity (Wildman–Crippen MR) is 69.7 cm³/mol. The first kappa shape index (κ1) is 15.6. The summed E-state index contributed by atoms with van der Waals surface area (Å²) in [5, 5.41) is 0. The molecule has 0 bridgehead atoms. The molecule has 1 aliphatic rings. The largest absolute Gasteiger partial charge is 0.469 e. The van der Waals surface area contributed by atoms with E-state index in [0.717, 1.165) is 16.4 Å². The topological polar surface area (TPSA) is 89.7 Å². The molecule has 0 aromatic heterocycles. The summed E-state index contributed by atoms with van der Waals surface area (Å²) in [5.74, 6) is -3.46. The number of sulfonamides is 1. The molecule has 1 fully saturated rings. The monoisotopic (exact) mass is 320 g/mol. The van der Waals surface area contributed by atoms with Gasteiger partial charge in [-0.2, -0.15) is 4.31 Å². The van der Waals surface area contributed by atoms with E-state index in [1.54, 1.807) is 0 Å². The number of nitrogens with two attached hydrogens (primary N) is 1. The molecule has 1 saturated heterocycles. The van der Waals surface area contributed by atoms with Crippen LogP contribution < -0.4 is 5.73 Å². The fourth-order valence-electron chi connectivity index (χ4n) is 2.19. The molecule has 2 rings (SSSR count). The minimum Gasteiger partial charge on any atom is -0.469 e. The second-order valence-corrected chi connectivity index (χ2v) is 6.55. The van der Waals surface area contributed by atoms with Gasteiger partial charge in [-0.25, -0.2) is 17.2 Å². The van der Waals surface area contributed by atoms with Gasteiger partial charge < -0.3 is 10.5 Å². The number of nitrogens with zero attached hydrogens (tertiary/aromatic N) is 1. The zero-order valence-electron chi connectivity index (χ0n) is 11.2. The summed E-state index contributed by atoms with van der Waals surface area (Å²) in [5.41, 5.74) is 4.32. The zero-order valence-corrected chi connectivity index (χ0v) is 12.0. The number of nitrogen functional groups attached to an aromatic ring is 1. The van der Waals surface area contributed by atoms with Crippen LogP contribution in [0.4, 0.5) is 14.5 Å². The molecule has 1 unspecified atom stereocenters. The summed E-state index contributed by atoms with van der Waals surface area (Å²) in [6.07, 6.45) is 0.282. The Balaban J connectivity index is 2.32. The molecule has 21 heavy (non-hydrogen) atoms. The van der Waals surface area contributed by atoms with Crippen LogP contribution in [0.5, 0.6) is 0 Å². The van der Waals surface area contributed by atoms with E-state index in [1.807, 2.05) is 0 Å². The molecule has 6 nitrogen and oxygen atoms in total. The number of esters is 1. The van der Waals surface area contributed by atoms with Crippen molar-refractivity contribution in [2.75, 3.05) is 25.9 Å². The standard InChI is InChI=1S/C12H14F2N2O4S/c1-20-12(17)7-4-5-16(6-7)21(18,19)9-3-2-8(13)11(15)10(9)14/h2-3,7H,4-6,15H2,1H3. The highest BCUT2D eigenvalue weighted by atomic mass is 32.2. The highest BCUT2D eigenvalue weighted by Gasteiger charge is 2.38. The van der Waals surface area contributed by atoms with Crippen LogP contribution in [0.3, 0.4) is 0 Å². The van der Waals surface area contributed by atoms with Crippen LogP contribution in [0.1, 0.15) is 6.42 Å². The molecule has 116 valence electrons. The van der Waals surface area contributed by atoms with Gasteiger partial charge in [-0.3, -0.25) is 4.79 Å². The van der Waals surface area contributed by atoms with E-state index in [4.69, 9.17) is 5.73 Å². The lowest BCUT2D eigenvalue weighted by molar-refractivity contribution is -0.144. The minimum absolute atomic E-state index is 0.0544. The van der Waals surface area contributed by atoms with Gasteiger partial charge in [0.1, 0.15) is 16.4 Å². The molecule has 0 amide bonds. The first-order valence-corrected chi connectivity index (χ1v) is 7.54. The van der Waals surface area contributed by atoms with E-state index in [2.05, 4.69) is 4.74 Å². The van der Waals surface area contributed by atoms with E-state index >= 15 is 0 Å². The van der Waals surface area contributed by atoms with Gasteiger partial charge in [-0.15, -0.1) is 0 Å². The number of ether oxygens (including phenoxy) is 1. The Morgan fingerprint density at radius 1 is 1.43 bits per heavy atom. The van der Waals surface area contributed by atoms with Crippen molar-refractivity contribution in [2.45, 2.75) is 11.3 Å². The Labute approximate surface area is 120 Å². The molecule has 9 heteroatoms. The maximum absolute atomic E-state index is 13.9. The van der Waals surface area contributed by atoms with Crippen LogP contribution in [0.25, 0.3) is 0 Å². The van der Waals surface area contributed by atoms with E-state index in [0.29, 0.717) is 0 Å². The van der Waals surface area contributed by atoms with Gasteiger partial charge in [0.15, 0.2) is 5.82 Å². The predicted octanol–water partition coefficient (Wildman–Crippen LogP) is 0.731. The maximum atomic E-state index is 13.9. The van der Waals surface area contributed by atoms with Gasteiger partial charge in [0, 0.05) is 13.1 Å². The Bertz CT molecular complexity index is 678. The summed E-state index contributed by atoms with van der Waals surface area (Å²) in [7, 11) is -2.97. The smallest absolute Gasteiger partial charge is 0.310 e. The molecule has 1 aromatic rings. The van der Waals surface area contributed by atoms with Crippen molar-refractivity contribution in [3.05, 3.63) is 23.8 Å². The summed E-state index contributed by atoms with van der Waals surface area (Å²) in [6.45, 7) is -0.0510. The SMILES string of the molecule is COC(=O)C1CCN(S(=O)(=O)c2ccc(F)c(N)c2F)C1. The van der Waals surface area contributed by atoms with Crippen LogP contribution in [0.2, 0.25) is 0 Å². The number of anilines is 1. The van der Waals surface area contributed by atoms with E-state index in [-0.39, 0.29) is 19.5 Å². The maximum Gasteiger partial charge on any atom is 0.310 e. The second-order valence-electron chi connectivity index (χ2n) is 4.64. The van der Waals surface area contributed by atoms with Gasteiger partial charge in [-0.1, -0.05) is 0 Å². The van der Waals surface area contributed by atoms with Crippen LogP contribution in [0, 0.1) is 17.6 Å².